The number of ether oxygens (including phenoxy) is 1. The van der Waals surface area contributed by atoms with E-state index in [4.69, 9.17) is 4.74 Å². The van der Waals surface area contributed by atoms with Crippen molar-refractivity contribution in [2.75, 3.05) is 13.7 Å². The molecule has 0 aliphatic rings. The second-order valence-corrected chi connectivity index (χ2v) is 2.69. The van der Waals surface area contributed by atoms with E-state index in [1.807, 2.05) is 13.8 Å². The van der Waals surface area contributed by atoms with Crippen LogP contribution in [0.1, 0.15) is 20.8 Å². The first kappa shape index (κ1) is 11.7. The van der Waals surface area contributed by atoms with Gasteiger partial charge in [0.2, 0.25) is 0 Å². The third-order valence-electron chi connectivity index (χ3n) is 1.07. The maximum atomic E-state index is 10.8. The average molecular weight is 184 g/mol. The topological polar surface area (TPSA) is 41.9 Å². The summed E-state index contributed by atoms with van der Waals surface area (Å²) in [5.41, 5.74) is 0.927. The minimum Gasteiger partial charge on any atom is -0.463 e. The van der Waals surface area contributed by atoms with Gasteiger partial charge in [0, 0.05) is 25.0 Å². The van der Waals surface area contributed by atoms with E-state index in [-0.39, 0.29) is 5.97 Å². The molecule has 0 atom stereocenters. The van der Waals surface area contributed by atoms with E-state index in [0.717, 1.165) is 5.71 Å². The Morgan fingerprint density at radius 2 is 2.15 bits per heavy atom. The zero-order valence-corrected chi connectivity index (χ0v) is 8.57. The molecule has 0 aromatic heterocycles. The van der Waals surface area contributed by atoms with Gasteiger partial charge in [0.25, 0.3) is 0 Å². The highest BCUT2D eigenvalue weighted by molar-refractivity contribution is 5.82. The highest BCUT2D eigenvalue weighted by atomic mass is 16.5. The predicted molar refractivity (Wildman–Crippen MR) is 52.3 cm³/mol. The molecular weight excluding hydrogens is 168 g/mol. The Labute approximate surface area is 78.9 Å². The Kier molecular flexibility index (Phi) is 5.59. The van der Waals surface area contributed by atoms with Gasteiger partial charge in [-0.15, -0.1) is 0 Å². The molecule has 0 heterocycles. The quantitative estimate of drug-likeness (QED) is 0.287. The van der Waals surface area contributed by atoms with E-state index >= 15 is 0 Å². The maximum absolute atomic E-state index is 10.8. The summed E-state index contributed by atoms with van der Waals surface area (Å²) in [5, 5.41) is 5.63. The van der Waals surface area contributed by atoms with Crippen LogP contribution in [0.5, 0.6) is 0 Å². The minimum atomic E-state index is -0.349. The van der Waals surface area contributed by atoms with Crippen LogP contribution in [0, 0.1) is 0 Å². The smallest absolute Gasteiger partial charge is 0.332 e. The standard InChI is InChI=1S/C9H16N2O2/c1-5-13-9(12)6-7-11(4)10-8(2)3/h6-7H,5H2,1-4H3/b7-6+. The molecule has 0 N–H and O–H groups in total. The number of carbonyl (C=O) groups excluding carboxylic acids is 1. The van der Waals surface area contributed by atoms with Crippen LogP contribution in [0.2, 0.25) is 0 Å². The molecule has 0 saturated carbocycles. The van der Waals surface area contributed by atoms with Crippen molar-refractivity contribution in [3.8, 4) is 0 Å². The molecule has 0 rings (SSSR count). The first-order chi connectivity index (χ1) is 6.06. The van der Waals surface area contributed by atoms with Gasteiger partial charge in [-0.25, -0.2) is 4.79 Å². The van der Waals surface area contributed by atoms with Crippen molar-refractivity contribution in [1.82, 2.24) is 5.01 Å². The summed E-state index contributed by atoms with van der Waals surface area (Å²) in [7, 11) is 1.75. The van der Waals surface area contributed by atoms with E-state index < -0.39 is 0 Å². The second-order valence-electron chi connectivity index (χ2n) is 2.69. The van der Waals surface area contributed by atoms with E-state index in [1.54, 1.807) is 25.2 Å². The van der Waals surface area contributed by atoms with E-state index in [1.165, 1.54) is 6.08 Å². The number of hydrogen-bond acceptors (Lipinski definition) is 4. The second kappa shape index (κ2) is 6.22. The van der Waals surface area contributed by atoms with E-state index in [2.05, 4.69) is 5.10 Å². The summed E-state index contributed by atoms with van der Waals surface area (Å²) in [4.78, 5) is 10.8. The van der Waals surface area contributed by atoms with Crippen molar-refractivity contribution >= 4 is 11.7 Å². The Balaban J connectivity index is 3.97. The fourth-order valence-electron chi connectivity index (χ4n) is 0.708. The molecule has 0 aromatic rings. The number of nitrogens with zero attached hydrogens (tertiary/aromatic N) is 2. The van der Waals surface area contributed by atoms with Crippen LogP contribution >= 0.6 is 0 Å². The lowest BCUT2D eigenvalue weighted by atomic mass is 10.5. The molecule has 4 nitrogen and oxygen atoms in total. The fraction of sp³-hybridized carbons (Fsp3) is 0.556. The highest BCUT2D eigenvalue weighted by Gasteiger charge is 1.93. The Morgan fingerprint density at radius 3 is 2.62 bits per heavy atom. The largest absolute Gasteiger partial charge is 0.463 e. The van der Waals surface area contributed by atoms with Crippen LogP contribution in [0.4, 0.5) is 0 Å². The average Bonchev–Trinajstić information content (AvgIpc) is 2.00. The van der Waals surface area contributed by atoms with E-state index in [0.29, 0.717) is 6.61 Å². The molecule has 0 aliphatic heterocycles. The summed E-state index contributed by atoms with van der Waals surface area (Å²) < 4.78 is 4.70. The monoisotopic (exact) mass is 184 g/mol. The van der Waals surface area contributed by atoms with Crippen LogP contribution in [-0.4, -0.2) is 30.3 Å². The molecule has 13 heavy (non-hydrogen) atoms. The van der Waals surface area contributed by atoms with Crippen LogP contribution in [-0.2, 0) is 9.53 Å². The molecule has 0 spiro atoms. The molecule has 0 fully saturated rings. The van der Waals surface area contributed by atoms with Gasteiger partial charge in [-0.05, 0) is 20.8 Å². The van der Waals surface area contributed by atoms with Crippen molar-refractivity contribution in [2.45, 2.75) is 20.8 Å². The molecule has 74 valence electrons. The normalized spacial score (nSPS) is 9.85. The number of carbonyl (C=O) groups is 1. The lowest BCUT2D eigenvalue weighted by Crippen LogP contribution is -2.06. The van der Waals surface area contributed by atoms with Crippen LogP contribution in [0.15, 0.2) is 17.4 Å². The van der Waals surface area contributed by atoms with Gasteiger partial charge < -0.3 is 4.74 Å². The summed E-state index contributed by atoms with van der Waals surface area (Å²) in [6, 6.07) is 0. The summed E-state index contributed by atoms with van der Waals surface area (Å²) in [5.74, 6) is -0.349. The lowest BCUT2D eigenvalue weighted by Gasteiger charge is -2.06. The SMILES string of the molecule is CCOC(=O)/C=C/N(C)N=C(C)C. The van der Waals surface area contributed by atoms with Gasteiger partial charge in [0.05, 0.1) is 6.61 Å². The summed E-state index contributed by atoms with van der Waals surface area (Å²) >= 11 is 0. The third kappa shape index (κ3) is 7.05. The number of hydrazone groups is 1. The molecule has 0 saturated heterocycles. The summed E-state index contributed by atoms with van der Waals surface area (Å²) in [6.45, 7) is 5.93. The van der Waals surface area contributed by atoms with Crippen LogP contribution in [0.3, 0.4) is 0 Å². The minimum absolute atomic E-state index is 0.349. The van der Waals surface area contributed by atoms with Crippen molar-refractivity contribution in [1.29, 1.82) is 0 Å². The van der Waals surface area contributed by atoms with Crippen molar-refractivity contribution in [2.24, 2.45) is 5.10 Å². The van der Waals surface area contributed by atoms with Crippen LogP contribution in [0.25, 0.3) is 0 Å². The van der Waals surface area contributed by atoms with Gasteiger partial charge in [-0.2, -0.15) is 5.10 Å². The first-order valence-corrected chi connectivity index (χ1v) is 4.16. The van der Waals surface area contributed by atoms with Gasteiger partial charge in [0.15, 0.2) is 0 Å². The van der Waals surface area contributed by atoms with Gasteiger partial charge in [0.1, 0.15) is 0 Å². The lowest BCUT2D eigenvalue weighted by molar-refractivity contribution is -0.137. The number of hydrogen-bond donors (Lipinski definition) is 0. The zero-order chi connectivity index (χ0) is 10.3. The molecule has 0 aliphatic carbocycles. The van der Waals surface area contributed by atoms with Gasteiger partial charge in [-0.1, -0.05) is 0 Å². The number of esters is 1. The molecule has 0 unspecified atom stereocenters. The van der Waals surface area contributed by atoms with Gasteiger partial charge >= 0.3 is 5.97 Å². The fourth-order valence-corrected chi connectivity index (χ4v) is 0.708. The summed E-state index contributed by atoms with van der Waals surface area (Å²) in [6.07, 6.45) is 2.90. The van der Waals surface area contributed by atoms with Crippen molar-refractivity contribution in [3.05, 3.63) is 12.3 Å². The van der Waals surface area contributed by atoms with Crippen LogP contribution < -0.4 is 0 Å². The van der Waals surface area contributed by atoms with E-state index in [9.17, 15) is 4.79 Å². The maximum Gasteiger partial charge on any atom is 0.332 e. The molecule has 0 radical (unpaired) electrons. The molecule has 4 heteroatoms. The zero-order valence-electron chi connectivity index (χ0n) is 8.57. The predicted octanol–water partition coefficient (Wildman–Crippen LogP) is 1.39. The van der Waals surface area contributed by atoms with Crippen molar-refractivity contribution in [3.63, 3.8) is 0 Å². The third-order valence-corrected chi connectivity index (χ3v) is 1.07. The van der Waals surface area contributed by atoms with Gasteiger partial charge in [-0.3, -0.25) is 5.01 Å². The molecule has 0 aromatic carbocycles. The first-order valence-electron chi connectivity index (χ1n) is 4.16. The number of rotatable bonds is 4. The highest BCUT2D eigenvalue weighted by Crippen LogP contribution is 1.89. The Morgan fingerprint density at radius 1 is 1.54 bits per heavy atom. The molecular formula is C9H16N2O2. The Bertz CT molecular complexity index is 218. The Hall–Kier alpha value is -1.32. The molecule has 0 bridgehead atoms. The molecule has 0 amide bonds. The van der Waals surface area contributed by atoms with Crippen molar-refractivity contribution < 1.29 is 9.53 Å².